The lowest BCUT2D eigenvalue weighted by molar-refractivity contribution is -0.168. The first-order valence-corrected chi connectivity index (χ1v) is 27.9. The maximum absolute atomic E-state index is 14.6. The Kier molecular flexibility index (Phi) is 30.2. The summed E-state index contributed by atoms with van der Waals surface area (Å²) < 4.78 is 50.8. The monoisotopic (exact) mass is 1180 g/mol. The lowest BCUT2D eigenvalue weighted by Gasteiger charge is -2.37. The molecular formula is C58H97N5O20. The van der Waals surface area contributed by atoms with Crippen LogP contribution >= 0.6 is 0 Å². The van der Waals surface area contributed by atoms with Crippen LogP contribution in [-0.2, 0) is 95.4 Å². The van der Waals surface area contributed by atoms with Crippen molar-refractivity contribution in [1.29, 1.82) is 0 Å². The van der Waals surface area contributed by atoms with E-state index in [4.69, 9.17) is 42.6 Å². The van der Waals surface area contributed by atoms with E-state index >= 15 is 0 Å². The molecule has 1 rings (SSSR count). The molecule has 0 saturated heterocycles. The van der Waals surface area contributed by atoms with E-state index in [-0.39, 0.29) is 111 Å². The molecule has 0 radical (unpaired) electrons. The second-order valence-corrected chi connectivity index (χ2v) is 26.4. The Balaban J connectivity index is 3.46. The number of hydrogen-bond acceptors (Lipinski definition) is 20. The Morgan fingerprint density at radius 3 is 1.05 bits per heavy atom. The third kappa shape index (κ3) is 28.9. The van der Waals surface area contributed by atoms with Gasteiger partial charge in [-0.15, -0.1) is 0 Å². The van der Waals surface area contributed by atoms with Gasteiger partial charge in [-0.25, -0.2) is 0 Å². The average molecular weight is 1180 g/mol. The van der Waals surface area contributed by atoms with Gasteiger partial charge in [0.15, 0.2) is 0 Å². The minimum Gasteiger partial charge on any atom is -0.465 e. The fourth-order valence-corrected chi connectivity index (χ4v) is 6.41. The lowest BCUT2D eigenvalue weighted by atomic mass is 9.85. The minimum absolute atomic E-state index is 0.0279. The zero-order valence-electron chi connectivity index (χ0n) is 52.4. The fraction of sp³-hybridized carbons (Fsp3) is 0.776. The van der Waals surface area contributed by atoms with E-state index in [1.54, 1.807) is 104 Å². The van der Waals surface area contributed by atoms with Crippen LogP contribution in [0.2, 0.25) is 0 Å². The van der Waals surface area contributed by atoms with Gasteiger partial charge < -0.3 is 63.9 Å². The van der Waals surface area contributed by atoms with Crippen molar-refractivity contribution in [2.45, 2.75) is 131 Å². The number of imide groups is 1. The van der Waals surface area contributed by atoms with Crippen LogP contribution < -0.4 is 21.3 Å². The van der Waals surface area contributed by atoms with Crippen molar-refractivity contribution >= 4 is 65.3 Å². The molecule has 0 atom stereocenters. The molecule has 0 spiro atoms. The second kappa shape index (κ2) is 33.4. The molecule has 1 heterocycles. The molecule has 25 heteroatoms. The number of carbonyl (C=O) groups is 11. The van der Waals surface area contributed by atoms with Gasteiger partial charge in [0.25, 0.3) is 11.8 Å². The third-order valence-electron chi connectivity index (χ3n) is 12.3. The van der Waals surface area contributed by atoms with Gasteiger partial charge in [-0.1, -0.05) is 0 Å². The number of amides is 6. The SMILES string of the molecule is CC(C)(C)C(=O)OCCC(=O)NCC(CNC(=O)C(C)(COC(=O)C(C)(C)C)COC(=O)C(C)(C)C)(CNC(=O)C(C)(COC(=O)C(C)(C)C)COC(=O)C(C)(C)C)COCCOCCOCCOCCNC(=O)CCN1C(=O)C=CC1=O. The zero-order chi connectivity index (χ0) is 63.7. The summed E-state index contributed by atoms with van der Waals surface area (Å²) in [6.45, 7) is 24.9. The number of ether oxygens (including phenoxy) is 9. The summed E-state index contributed by atoms with van der Waals surface area (Å²) in [5.74, 6) is -6.39. The van der Waals surface area contributed by atoms with E-state index in [9.17, 15) is 52.7 Å². The highest BCUT2D eigenvalue weighted by Crippen LogP contribution is 2.28. The predicted molar refractivity (Wildman–Crippen MR) is 301 cm³/mol. The summed E-state index contributed by atoms with van der Waals surface area (Å²) in [5.41, 5.74) is -9.53. The molecule has 474 valence electrons. The largest absolute Gasteiger partial charge is 0.465 e. The highest BCUT2D eigenvalue weighted by Gasteiger charge is 2.44. The van der Waals surface area contributed by atoms with E-state index in [2.05, 4.69) is 21.3 Å². The van der Waals surface area contributed by atoms with Crippen molar-refractivity contribution in [2.75, 3.05) is 119 Å². The highest BCUT2D eigenvalue weighted by atomic mass is 16.6. The molecule has 1 aliphatic rings. The van der Waals surface area contributed by atoms with Crippen LogP contribution in [-0.4, -0.2) is 189 Å². The predicted octanol–water partition coefficient (Wildman–Crippen LogP) is 3.17. The number of hydrogen-bond donors (Lipinski definition) is 4. The summed E-state index contributed by atoms with van der Waals surface area (Å²) in [6.07, 6.45) is 1.99. The van der Waals surface area contributed by atoms with Crippen LogP contribution in [0.1, 0.15) is 131 Å². The van der Waals surface area contributed by atoms with Crippen molar-refractivity contribution in [3.63, 3.8) is 0 Å². The number of carbonyl (C=O) groups excluding carboxylic acids is 11. The standard InChI is InChI=1S/C58H97N5O20/c1-51(2,3)46(70)79-24-21-41(65)60-32-58(33-61-44(68)56(16,35-80-47(71)52(4,5)6)36-81-48(72)53(7,8)9,34-62-45(69)57(17,37-82-49(73)54(10,11)12)38-83-50(74)55(13,14)15)39-78-31-30-77-29-28-76-27-26-75-25-22-59-40(64)20-23-63-42(66)18-19-43(63)67/h18-19H,20-39H2,1-17H3,(H,59,64)(H,60,65)(H,61,68)(H,62,69). The Bertz CT molecular complexity index is 2080. The molecule has 0 bridgehead atoms. The molecule has 0 aromatic heterocycles. The Hall–Kier alpha value is -6.05. The van der Waals surface area contributed by atoms with Crippen LogP contribution in [0.25, 0.3) is 0 Å². The van der Waals surface area contributed by atoms with Crippen molar-refractivity contribution in [2.24, 2.45) is 43.3 Å². The Morgan fingerprint density at radius 2 is 0.687 bits per heavy atom. The van der Waals surface area contributed by atoms with Crippen LogP contribution in [0.4, 0.5) is 0 Å². The first-order valence-electron chi connectivity index (χ1n) is 27.9. The second-order valence-electron chi connectivity index (χ2n) is 26.4. The molecule has 4 N–H and O–H groups in total. The summed E-state index contributed by atoms with van der Waals surface area (Å²) in [7, 11) is 0. The summed E-state index contributed by atoms with van der Waals surface area (Å²) in [4.78, 5) is 144. The average Bonchev–Trinajstić information content (AvgIpc) is 3.85. The molecule has 25 nitrogen and oxygen atoms in total. The van der Waals surface area contributed by atoms with Gasteiger partial charge in [0.05, 0.1) is 86.4 Å². The molecule has 0 unspecified atom stereocenters. The summed E-state index contributed by atoms with van der Waals surface area (Å²) in [5, 5.41) is 11.2. The van der Waals surface area contributed by atoms with Gasteiger partial charge in [0.1, 0.15) is 43.9 Å². The molecule has 0 fully saturated rings. The van der Waals surface area contributed by atoms with E-state index in [1.807, 2.05) is 0 Å². The molecule has 6 amide bonds. The van der Waals surface area contributed by atoms with E-state index in [1.165, 1.54) is 13.8 Å². The molecule has 83 heavy (non-hydrogen) atoms. The van der Waals surface area contributed by atoms with Crippen molar-refractivity contribution in [1.82, 2.24) is 26.2 Å². The van der Waals surface area contributed by atoms with Gasteiger partial charge in [-0.05, 0) is 118 Å². The first-order chi connectivity index (χ1) is 38.1. The lowest BCUT2D eigenvalue weighted by Crippen LogP contribution is -2.58. The molecule has 0 aliphatic carbocycles. The summed E-state index contributed by atoms with van der Waals surface area (Å²) >= 11 is 0. The van der Waals surface area contributed by atoms with Gasteiger partial charge in [0.2, 0.25) is 23.6 Å². The summed E-state index contributed by atoms with van der Waals surface area (Å²) in [6, 6.07) is 0. The minimum atomic E-state index is -1.69. The third-order valence-corrected chi connectivity index (χ3v) is 12.3. The quantitative estimate of drug-likeness (QED) is 0.0303. The van der Waals surface area contributed by atoms with Crippen molar-refractivity contribution < 1.29 is 95.4 Å². The molecule has 0 saturated carbocycles. The number of esters is 5. The molecule has 1 aliphatic heterocycles. The van der Waals surface area contributed by atoms with Gasteiger partial charge >= 0.3 is 29.8 Å². The normalized spacial score (nSPS) is 13.5. The topological polar surface area (TPSA) is 322 Å². The number of nitrogens with zero attached hydrogens (tertiary/aromatic N) is 1. The van der Waals surface area contributed by atoms with E-state index in [0.29, 0.717) is 0 Å². The highest BCUT2D eigenvalue weighted by molar-refractivity contribution is 6.13. The fourth-order valence-electron chi connectivity index (χ4n) is 6.41. The molecule has 0 aromatic rings. The van der Waals surface area contributed by atoms with E-state index < -0.39 is 129 Å². The maximum atomic E-state index is 14.6. The zero-order valence-corrected chi connectivity index (χ0v) is 52.4. The van der Waals surface area contributed by atoms with Crippen molar-refractivity contribution in [3.8, 4) is 0 Å². The van der Waals surface area contributed by atoms with Crippen LogP contribution in [0.3, 0.4) is 0 Å². The molecule has 0 aromatic carbocycles. The number of rotatable bonds is 36. The van der Waals surface area contributed by atoms with Gasteiger partial charge in [-0.2, -0.15) is 0 Å². The van der Waals surface area contributed by atoms with Crippen LogP contribution in [0.5, 0.6) is 0 Å². The van der Waals surface area contributed by atoms with Crippen LogP contribution in [0, 0.1) is 43.3 Å². The van der Waals surface area contributed by atoms with Crippen molar-refractivity contribution in [3.05, 3.63) is 12.2 Å². The molecular weight excluding hydrogens is 1090 g/mol. The first kappa shape index (κ1) is 75.0. The Labute approximate surface area is 490 Å². The van der Waals surface area contributed by atoms with Crippen LogP contribution in [0.15, 0.2) is 12.2 Å². The Morgan fingerprint density at radius 1 is 0.373 bits per heavy atom. The van der Waals surface area contributed by atoms with E-state index in [0.717, 1.165) is 17.1 Å². The van der Waals surface area contributed by atoms with Gasteiger partial charge in [0, 0.05) is 56.7 Å². The maximum Gasteiger partial charge on any atom is 0.311 e. The number of nitrogens with one attached hydrogen (secondary N) is 4. The van der Waals surface area contributed by atoms with Gasteiger partial charge in [-0.3, -0.25) is 57.6 Å². The smallest absolute Gasteiger partial charge is 0.311 e.